The molecule has 6 heteroatoms. The van der Waals surface area contributed by atoms with Gasteiger partial charge in [0.2, 0.25) is 0 Å². The second-order valence-electron chi connectivity index (χ2n) is 5.56. The fraction of sp³-hybridized carbons (Fsp3) is 0.467. The molecule has 0 unspecified atom stereocenters. The Hall–Kier alpha value is -1.43. The van der Waals surface area contributed by atoms with Gasteiger partial charge < -0.3 is 9.64 Å². The van der Waals surface area contributed by atoms with E-state index in [2.05, 4.69) is 15.9 Å². The number of carbonyl (C=O) groups is 2. The number of hydrogen-bond donors (Lipinski definition) is 0. The highest BCUT2D eigenvalue weighted by Crippen LogP contribution is 2.53. The van der Waals surface area contributed by atoms with Gasteiger partial charge in [-0.15, -0.1) is 0 Å². The third-order valence-electron chi connectivity index (χ3n) is 4.12. The van der Waals surface area contributed by atoms with Crippen LogP contribution in [0.25, 0.3) is 0 Å². The molecular weight excluding hydrogens is 341 g/mol. The highest BCUT2D eigenvalue weighted by molar-refractivity contribution is 9.10. The van der Waals surface area contributed by atoms with Crippen molar-refractivity contribution in [3.63, 3.8) is 0 Å². The van der Waals surface area contributed by atoms with E-state index in [0.29, 0.717) is 16.6 Å². The van der Waals surface area contributed by atoms with Crippen molar-refractivity contribution < 1.29 is 18.7 Å². The molecule has 1 fully saturated rings. The Bertz CT molecular complexity index is 628. The summed E-state index contributed by atoms with van der Waals surface area (Å²) in [6.07, 6.45) is 1.90. The van der Waals surface area contributed by atoms with Gasteiger partial charge >= 0.3 is 5.97 Å². The minimum Gasteiger partial charge on any atom is -0.465 e. The molecule has 3 rings (SSSR count). The monoisotopic (exact) mass is 355 g/mol. The van der Waals surface area contributed by atoms with Crippen molar-refractivity contribution in [3.8, 4) is 0 Å². The van der Waals surface area contributed by atoms with Gasteiger partial charge in [-0.3, -0.25) is 9.59 Å². The lowest BCUT2D eigenvalue weighted by Crippen LogP contribution is -2.46. The Morgan fingerprint density at radius 3 is 2.81 bits per heavy atom. The van der Waals surface area contributed by atoms with Gasteiger partial charge in [0.25, 0.3) is 5.91 Å². The molecule has 0 atom stereocenters. The van der Waals surface area contributed by atoms with E-state index in [0.717, 1.165) is 18.4 Å². The average molecular weight is 356 g/mol. The normalized spacial score (nSPS) is 18.6. The summed E-state index contributed by atoms with van der Waals surface area (Å²) in [6.45, 7) is 2.42. The Morgan fingerprint density at radius 1 is 1.48 bits per heavy atom. The summed E-state index contributed by atoms with van der Waals surface area (Å²) in [7, 11) is 0. The molecule has 1 spiro atoms. The lowest BCUT2D eigenvalue weighted by Gasteiger charge is -2.34. The van der Waals surface area contributed by atoms with Crippen molar-refractivity contribution >= 4 is 27.8 Å². The van der Waals surface area contributed by atoms with Gasteiger partial charge in [-0.1, -0.05) is 0 Å². The number of benzene rings is 1. The number of ether oxygens (including phenoxy) is 1. The van der Waals surface area contributed by atoms with Crippen LogP contribution in [-0.4, -0.2) is 36.5 Å². The maximum atomic E-state index is 13.8. The van der Waals surface area contributed by atoms with E-state index in [-0.39, 0.29) is 24.5 Å². The van der Waals surface area contributed by atoms with Gasteiger partial charge in [0.1, 0.15) is 12.4 Å². The molecule has 0 radical (unpaired) electrons. The number of rotatable bonds is 3. The molecule has 21 heavy (non-hydrogen) atoms. The molecule has 0 saturated heterocycles. The molecule has 1 saturated carbocycles. The van der Waals surface area contributed by atoms with E-state index < -0.39 is 11.8 Å². The van der Waals surface area contributed by atoms with E-state index in [1.165, 1.54) is 11.0 Å². The molecule has 1 aromatic rings. The molecule has 1 amide bonds. The van der Waals surface area contributed by atoms with Gasteiger partial charge in [-0.05, 0) is 53.4 Å². The van der Waals surface area contributed by atoms with Gasteiger partial charge in [-0.2, -0.15) is 0 Å². The smallest absolute Gasteiger partial charge is 0.325 e. The lowest BCUT2D eigenvalue weighted by molar-refractivity contribution is -0.143. The Balaban J connectivity index is 1.94. The highest BCUT2D eigenvalue weighted by atomic mass is 79.9. The van der Waals surface area contributed by atoms with Crippen molar-refractivity contribution in [2.24, 2.45) is 0 Å². The van der Waals surface area contributed by atoms with Gasteiger partial charge in [-0.25, -0.2) is 4.39 Å². The van der Waals surface area contributed by atoms with E-state index in [4.69, 9.17) is 4.74 Å². The average Bonchev–Trinajstić information content (AvgIpc) is 3.19. The Morgan fingerprint density at radius 2 is 2.19 bits per heavy atom. The summed E-state index contributed by atoms with van der Waals surface area (Å²) >= 11 is 3.18. The minimum absolute atomic E-state index is 0.0778. The largest absolute Gasteiger partial charge is 0.465 e. The Labute approximate surface area is 130 Å². The summed E-state index contributed by atoms with van der Waals surface area (Å²) < 4.78 is 19.0. The van der Waals surface area contributed by atoms with Crippen LogP contribution in [0.5, 0.6) is 0 Å². The van der Waals surface area contributed by atoms with Crippen LogP contribution in [0.4, 0.5) is 4.39 Å². The maximum absolute atomic E-state index is 13.8. The van der Waals surface area contributed by atoms with Crippen molar-refractivity contribution in [3.05, 3.63) is 33.5 Å². The molecule has 1 heterocycles. The van der Waals surface area contributed by atoms with Crippen LogP contribution in [0.1, 0.15) is 35.7 Å². The van der Waals surface area contributed by atoms with Gasteiger partial charge in [0.05, 0.1) is 11.1 Å². The fourth-order valence-corrected chi connectivity index (χ4v) is 3.27. The van der Waals surface area contributed by atoms with Gasteiger partial charge in [0.15, 0.2) is 0 Å². The van der Waals surface area contributed by atoms with E-state index in [1.54, 1.807) is 13.0 Å². The zero-order chi connectivity index (χ0) is 15.2. The summed E-state index contributed by atoms with van der Waals surface area (Å²) in [4.78, 5) is 25.6. The molecule has 2 aliphatic rings. The Kier molecular flexibility index (Phi) is 3.51. The third kappa shape index (κ3) is 2.46. The van der Waals surface area contributed by atoms with Crippen molar-refractivity contribution in [2.45, 2.75) is 25.2 Å². The number of nitrogens with zero attached hydrogens (tertiary/aromatic N) is 1. The summed E-state index contributed by atoms with van der Waals surface area (Å²) in [6, 6.07) is 2.97. The third-order valence-corrected chi connectivity index (χ3v) is 4.73. The molecule has 0 N–H and O–H groups in total. The predicted molar refractivity (Wildman–Crippen MR) is 77.5 cm³/mol. The van der Waals surface area contributed by atoms with Crippen molar-refractivity contribution in [2.75, 3.05) is 19.7 Å². The molecule has 1 aromatic carbocycles. The molecule has 0 aromatic heterocycles. The quantitative estimate of drug-likeness (QED) is 0.783. The number of carbonyl (C=O) groups excluding carboxylic acids is 2. The van der Waals surface area contributed by atoms with Crippen molar-refractivity contribution in [1.82, 2.24) is 4.90 Å². The first-order valence-corrected chi connectivity index (χ1v) is 7.70. The van der Waals surface area contributed by atoms with Crippen LogP contribution in [0.15, 0.2) is 16.6 Å². The zero-order valence-electron chi connectivity index (χ0n) is 11.6. The van der Waals surface area contributed by atoms with Crippen molar-refractivity contribution in [1.29, 1.82) is 0 Å². The first-order chi connectivity index (χ1) is 9.97. The fourth-order valence-electron chi connectivity index (χ4n) is 2.92. The summed E-state index contributed by atoms with van der Waals surface area (Å²) in [5, 5.41) is 0. The van der Waals surface area contributed by atoms with Crippen LogP contribution < -0.4 is 0 Å². The van der Waals surface area contributed by atoms with Gasteiger partial charge in [0, 0.05) is 17.5 Å². The molecule has 1 aliphatic heterocycles. The number of esters is 1. The second-order valence-corrected chi connectivity index (χ2v) is 6.41. The van der Waals surface area contributed by atoms with Crippen LogP contribution in [0.3, 0.4) is 0 Å². The lowest BCUT2D eigenvalue weighted by atomic mass is 9.86. The predicted octanol–water partition coefficient (Wildman–Crippen LogP) is 2.64. The van der Waals surface area contributed by atoms with Crippen LogP contribution in [0.2, 0.25) is 0 Å². The topological polar surface area (TPSA) is 46.6 Å². The molecule has 0 bridgehead atoms. The van der Waals surface area contributed by atoms with Crippen LogP contribution >= 0.6 is 15.9 Å². The van der Waals surface area contributed by atoms with E-state index in [1.807, 2.05) is 0 Å². The molecule has 112 valence electrons. The zero-order valence-corrected chi connectivity index (χ0v) is 13.2. The SMILES string of the molecule is CCOC(=O)CN1CC2(CC2)c2cc(Br)c(F)cc2C1=O. The summed E-state index contributed by atoms with van der Waals surface area (Å²) in [5.41, 5.74) is 1.14. The van der Waals surface area contributed by atoms with Crippen LogP contribution in [0, 0.1) is 5.82 Å². The van der Waals surface area contributed by atoms with Crippen LogP contribution in [-0.2, 0) is 14.9 Å². The first kappa shape index (κ1) is 14.5. The molecule has 4 nitrogen and oxygen atoms in total. The highest BCUT2D eigenvalue weighted by Gasteiger charge is 2.52. The molecule has 1 aliphatic carbocycles. The summed E-state index contributed by atoms with van der Waals surface area (Å²) in [5.74, 6) is -1.19. The minimum atomic E-state index is -0.462. The molecular formula is C15H15BrFNO3. The number of halogens is 2. The number of fused-ring (bicyclic) bond motifs is 2. The number of hydrogen-bond acceptors (Lipinski definition) is 3. The standard InChI is InChI=1S/C15H15BrFNO3/c1-2-21-13(19)7-18-8-15(3-4-15)10-6-11(16)12(17)5-9(10)14(18)20/h5-6H,2-4,7-8H2,1H3. The van der Waals surface area contributed by atoms with E-state index in [9.17, 15) is 14.0 Å². The second kappa shape index (κ2) is 5.09. The maximum Gasteiger partial charge on any atom is 0.325 e. The van der Waals surface area contributed by atoms with E-state index >= 15 is 0 Å². The first-order valence-electron chi connectivity index (χ1n) is 6.91. The number of amides is 1.